The molecule has 7 heteroatoms. The van der Waals surface area contributed by atoms with Gasteiger partial charge in [0.05, 0.1) is 6.33 Å². The molecule has 106 valence electrons. The van der Waals surface area contributed by atoms with Crippen LogP contribution in [-0.2, 0) is 11.3 Å². The number of hydrogen-bond donors (Lipinski definition) is 3. The molecular weight excluding hydrogens is 248 g/mol. The zero-order chi connectivity index (χ0) is 14.1. The standard InChI is InChI=1S/C12H20N4O3/c1-2-4-10(11(17)18)15-12(19)14-5-3-7-16-8-6-13-9-16/h6,8-10H,2-5,7H2,1H3,(H,17,18)(H2,14,15,19)/t10-/m0/s1. The molecule has 0 aliphatic carbocycles. The number of urea groups is 1. The van der Waals surface area contributed by atoms with Crippen LogP contribution in [0.2, 0.25) is 0 Å². The number of amides is 2. The average molecular weight is 268 g/mol. The number of aromatic nitrogens is 2. The predicted molar refractivity (Wildman–Crippen MR) is 69.7 cm³/mol. The van der Waals surface area contributed by atoms with Gasteiger partial charge in [0.2, 0.25) is 0 Å². The summed E-state index contributed by atoms with van der Waals surface area (Å²) < 4.78 is 1.91. The van der Waals surface area contributed by atoms with Crippen molar-refractivity contribution in [2.24, 2.45) is 0 Å². The van der Waals surface area contributed by atoms with Crippen molar-refractivity contribution in [1.29, 1.82) is 0 Å². The summed E-state index contributed by atoms with van der Waals surface area (Å²) in [7, 11) is 0. The Kier molecular flexibility index (Phi) is 6.42. The Hall–Kier alpha value is -2.05. The zero-order valence-corrected chi connectivity index (χ0v) is 11.0. The summed E-state index contributed by atoms with van der Waals surface area (Å²) in [6, 6.07) is -1.26. The molecule has 19 heavy (non-hydrogen) atoms. The van der Waals surface area contributed by atoms with Crippen molar-refractivity contribution in [3.8, 4) is 0 Å². The van der Waals surface area contributed by atoms with E-state index >= 15 is 0 Å². The third-order valence-electron chi connectivity index (χ3n) is 2.62. The monoisotopic (exact) mass is 268 g/mol. The van der Waals surface area contributed by atoms with Gasteiger partial charge in [-0.05, 0) is 12.8 Å². The van der Waals surface area contributed by atoms with Crippen LogP contribution in [0.25, 0.3) is 0 Å². The first-order chi connectivity index (χ1) is 9.13. The molecule has 0 unspecified atom stereocenters. The summed E-state index contributed by atoms with van der Waals surface area (Å²) >= 11 is 0. The van der Waals surface area contributed by atoms with Crippen LogP contribution in [0.3, 0.4) is 0 Å². The van der Waals surface area contributed by atoms with E-state index in [1.807, 2.05) is 17.7 Å². The van der Waals surface area contributed by atoms with Gasteiger partial charge in [-0.1, -0.05) is 13.3 Å². The van der Waals surface area contributed by atoms with E-state index in [9.17, 15) is 9.59 Å². The Bertz CT molecular complexity index is 392. The van der Waals surface area contributed by atoms with Crippen molar-refractivity contribution in [3.63, 3.8) is 0 Å². The Labute approximate surface area is 112 Å². The van der Waals surface area contributed by atoms with Crippen molar-refractivity contribution < 1.29 is 14.7 Å². The van der Waals surface area contributed by atoms with E-state index in [1.165, 1.54) is 0 Å². The summed E-state index contributed by atoms with van der Waals surface area (Å²) in [5, 5.41) is 14.0. The number of nitrogens with zero attached hydrogens (tertiary/aromatic N) is 2. The molecule has 0 spiro atoms. The number of aryl methyl sites for hydroxylation is 1. The minimum absolute atomic E-state index is 0.428. The molecule has 0 aliphatic heterocycles. The highest BCUT2D eigenvalue weighted by Crippen LogP contribution is 1.96. The smallest absolute Gasteiger partial charge is 0.326 e. The molecule has 0 saturated carbocycles. The molecule has 0 saturated heterocycles. The molecule has 1 aromatic rings. The molecule has 0 radical (unpaired) electrons. The maximum absolute atomic E-state index is 11.5. The van der Waals surface area contributed by atoms with E-state index in [0.717, 1.165) is 13.0 Å². The SMILES string of the molecule is CCC[C@H](NC(=O)NCCCn1ccnc1)C(=O)O. The summed E-state index contributed by atoms with van der Waals surface area (Å²) in [5.74, 6) is -1.00. The van der Waals surface area contributed by atoms with Gasteiger partial charge < -0.3 is 20.3 Å². The molecule has 0 aliphatic rings. The quantitative estimate of drug-likeness (QED) is 0.608. The van der Waals surface area contributed by atoms with Crippen LogP contribution in [0.15, 0.2) is 18.7 Å². The van der Waals surface area contributed by atoms with Crippen LogP contribution < -0.4 is 10.6 Å². The fraction of sp³-hybridized carbons (Fsp3) is 0.583. The minimum Gasteiger partial charge on any atom is -0.480 e. The lowest BCUT2D eigenvalue weighted by atomic mass is 10.2. The van der Waals surface area contributed by atoms with E-state index in [2.05, 4.69) is 15.6 Å². The first kappa shape index (κ1) is 15.0. The summed E-state index contributed by atoms with van der Waals surface area (Å²) in [6.45, 7) is 3.13. The van der Waals surface area contributed by atoms with Crippen molar-refractivity contribution in [1.82, 2.24) is 20.2 Å². The maximum atomic E-state index is 11.5. The lowest BCUT2D eigenvalue weighted by Gasteiger charge is -2.14. The highest BCUT2D eigenvalue weighted by atomic mass is 16.4. The number of hydrogen-bond acceptors (Lipinski definition) is 3. The Morgan fingerprint density at radius 3 is 2.84 bits per heavy atom. The first-order valence-corrected chi connectivity index (χ1v) is 6.36. The van der Waals surface area contributed by atoms with Gasteiger partial charge in [0, 0.05) is 25.5 Å². The molecule has 1 rings (SSSR count). The van der Waals surface area contributed by atoms with E-state index < -0.39 is 18.0 Å². The highest BCUT2D eigenvalue weighted by molar-refractivity contribution is 5.82. The summed E-state index contributed by atoms with van der Waals surface area (Å²) in [4.78, 5) is 26.3. The maximum Gasteiger partial charge on any atom is 0.326 e. The molecule has 0 bridgehead atoms. The van der Waals surface area contributed by atoms with Crippen LogP contribution >= 0.6 is 0 Å². The highest BCUT2D eigenvalue weighted by Gasteiger charge is 2.18. The fourth-order valence-electron chi connectivity index (χ4n) is 1.64. The van der Waals surface area contributed by atoms with Gasteiger partial charge >= 0.3 is 12.0 Å². The lowest BCUT2D eigenvalue weighted by Crippen LogP contribution is -2.46. The van der Waals surface area contributed by atoms with Crippen LogP contribution in [-0.4, -0.2) is 39.2 Å². The third kappa shape index (κ3) is 5.89. The molecule has 1 heterocycles. The van der Waals surface area contributed by atoms with Crippen LogP contribution in [0.4, 0.5) is 4.79 Å². The summed E-state index contributed by atoms with van der Waals surface area (Å²) in [5.41, 5.74) is 0. The Morgan fingerprint density at radius 2 is 2.26 bits per heavy atom. The minimum atomic E-state index is -1.00. The van der Waals surface area contributed by atoms with Gasteiger partial charge in [-0.2, -0.15) is 0 Å². The number of carbonyl (C=O) groups is 2. The van der Waals surface area contributed by atoms with Crippen molar-refractivity contribution >= 4 is 12.0 Å². The molecule has 2 amide bonds. The Balaban J connectivity index is 2.17. The van der Waals surface area contributed by atoms with Crippen LogP contribution in [0.5, 0.6) is 0 Å². The number of imidazole rings is 1. The van der Waals surface area contributed by atoms with E-state index in [1.54, 1.807) is 12.5 Å². The molecule has 1 atom stereocenters. The van der Waals surface area contributed by atoms with E-state index in [4.69, 9.17) is 5.11 Å². The van der Waals surface area contributed by atoms with Gasteiger partial charge in [-0.3, -0.25) is 0 Å². The molecule has 0 aromatic carbocycles. The zero-order valence-electron chi connectivity index (χ0n) is 11.0. The van der Waals surface area contributed by atoms with Gasteiger partial charge in [-0.25, -0.2) is 14.6 Å². The fourth-order valence-corrected chi connectivity index (χ4v) is 1.64. The van der Waals surface area contributed by atoms with Gasteiger partial charge in [-0.15, -0.1) is 0 Å². The second-order valence-corrected chi connectivity index (χ2v) is 4.23. The number of nitrogens with one attached hydrogen (secondary N) is 2. The van der Waals surface area contributed by atoms with Crippen molar-refractivity contribution in [3.05, 3.63) is 18.7 Å². The number of rotatable bonds is 8. The van der Waals surface area contributed by atoms with Crippen LogP contribution in [0, 0.1) is 0 Å². The lowest BCUT2D eigenvalue weighted by molar-refractivity contribution is -0.139. The normalized spacial score (nSPS) is 11.8. The second-order valence-electron chi connectivity index (χ2n) is 4.23. The molecule has 7 nitrogen and oxygen atoms in total. The van der Waals surface area contributed by atoms with E-state index in [0.29, 0.717) is 19.4 Å². The predicted octanol–water partition coefficient (Wildman–Crippen LogP) is 0.826. The van der Waals surface area contributed by atoms with E-state index in [-0.39, 0.29) is 0 Å². The van der Waals surface area contributed by atoms with Gasteiger partial charge in [0.15, 0.2) is 0 Å². The topological polar surface area (TPSA) is 96.3 Å². The average Bonchev–Trinajstić information content (AvgIpc) is 2.87. The van der Waals surface area contributed by atoms with Gasteiger partial charge in [0.25, 0.3) is 0 Å². The molecule has 3 N–H and O–H groups in total. The number of aliphatic carboxylic acids is 1. The number of carboxylic acid groups (broad SMARTS) is 1. The Morgan fingerprint density at radius 1 is 1.47 bits per heavy atom. The molecule has 1 aromatic heterocycles. The van der Waals surface area contributed by atoms with Crippen molar-refractivity contribution in [2.75, 3.05) is 6.54 Å². The largest absolute Gasteiger partial charge is 0.480 e. The first-order valence-electron chi connectivity index (χ1n) is 6.36. The molecular formula is C12H20N4O3. The van der Waals surface area contributed by atoms with Crippen molar-refractivity contribution in [2.45, 2.75) is 38.8 Å². The molecule has 0 fully saturated rings. The van der Waals surface area contributed by atoms with Crippen LogP contribution in [0.1, 0.15) is 26.2 Å². The number of carbonyl (C=O) groups excluding carboxylic acids is 1. The summed E-state index contributed by atoms with van der Waals surface area (Å²) in [6.07, 6.45) is 7.15. The third-order valence-corrected chi connectivity index (χ3v) is 2.62. The van der Waals surface area contributed by atoms with Gasteiger partial charge in [0.1, 0.15) is 6.04 Å². The number of carboxylic acids is 1. The second kappa shape index (κ2) is 8.12.